The summed E-state index contributed by atoms with van der Waals surface area (Å²) in [5.41, 5.74) is 0.382. The molecule has 28 heavy (non-hydrogen) atoms. The maximum Gasteiger partial charge on any atom is 0.308 e. The fraction of sp³-hybridized carbons (Fsp3) is 0.350. The number of nitro groups is 1. The van der Waals surface area contributed by atoms with Crippen LogP contribution in [0.2, 0.25) is 0 Å². The fourth-order valence-electron chi connectivity index (χ4n) is 3.15. The van der Waals surface area contributed by atoms with Gasteiger partial charge in [-0.3, -0.25) is 14.9 Å². The summed E-state index contributed by atoms with van der Waals surface area (Å²) in [6, 6.07) is 9.07. The number of rotatable bonds is 5. The number of ether oxygens (including phenoxy) is 3. The third-order valence-corrected chi connectivity index (χ3v) is 4.56. The summed E-state index contributed by atoms with van der Waals surface area (Å²) in [6.07, 6.45) is -0.460. The van der Waals surface area contributed by atoms with Crippen LogP contribution in [0.4, 0.5) is 5.69 Å². The van der Waals surface area contributed by atoms with Crippen LogP contribution in [0, 0.1) is 17.0 Å². The SMILES string of the molecule is CC(=O)Oc1ccc2c(c1C)OC(C)(COc1ccc([N+](=O)[O-])cc1)CC2O. The minimum absolute atomic E-state index is 0.0227. The van der Waals surface area contributed by atoms with Gasteiger partial charge in [0.15, 0.2) is 0 Å². The lowest BCUT2D eigenvalue weighted by molar-refractivity contribution is -0.384. The molecule has 8 nitrogen and oxygen atoms in total. The van der Waals surface area contributed by atoms with Gasteiger partial charge in [-0.2, -0.15) is 0 Å². The molecule has 0 saturated carbocycles. The number of esters is 1. The summed E-state index contributed by atoms with van der Waals surface area (Å²) in [5, 5.41) is 21.3. The Balaban J connectivity index is 1.78. The first kappa shape index (κ1) is 19.6. The van der Waals surface area contributed by atoms with Crippen molar-refractivity contribution in [2.75, 3.05) is 6.61 Å². The molecule has 8 heteroatoms. The Morgan fingerprint density at radius 1 is 1.32 bits per heavy atom. The maximum absolute atomic E-state index is 11.3. The van der Waals surface area contributed by atoms with Gasteiger partial charge in [0, 0.05) is 36.6 Å². The van der Waals surface area contributed by atoms with Crippen LogP contribution in [-0.2, 0) is 4.79 Å². The van der Waals surface area contributed by atoms with Crippen molar-refractivity contribution in [1.29, 1.82) is 0 Å². The Labute approximate surface area is 161 Å². The van der Waals surface area contributed by atoms with Gasteiger partial charge >= 0.3 is 5.97 Å². The van der Waals surface area contributed by atoms with Crippen molar-refractivity contribution >= 4 is 11.7 Å². The predicted molar refractivity (Wildman–Crippen MR) is 99.7 cm³/mol. The number of hydrogen-bond acceptors (Lipinski definition) is 7. The van der Waals surface area contributed by atoms with Gasteiger partial charge in [0.25, 0.3) is 5.69 Å². The Bertz CT molecular complexity index is 910. The van der Waals surface area contributed by atoms with Gasteiger partial charge < -0.3 is 19.3 Å². The summed E-state index contributed by atoms with van der Waals surface area (Å²) in [7, 11) is 0. The number of fused-ring (bicyclic) bond motifs is 1. The second-order valence-corrected chi connectivity index (χ2v) is 7.01. The smallest absolute Gasteiger partial charge is 0.308 e. The summed E-state index contributed by atoms with van der Waals surface area (Å²) < 4.78 is 17.1. The lowest BCUT2D eigenvalue weighted by Crippen LogP contribution is -2.43. The van der Waals surface area contributed by atoms with Gasteiger partial charge in [-0.1, -0.05) is 0 Å². The molecule has 2 unspecified atom stereocenters. The normalized spacial score (nSPS) is 20.6. The van der Waals surface area contributed by atoms with E-state index in [0.717, 1.165) is 0 Å². The molecule has 1 N–H and O–H groups in total. The third kappa shape index (κ3) is 4.07. The van der Waals surface area contributed by atoms with Crippen molar-refractivity contribution in [3.05, 3.63) is 57.6 Å². The van der Waals surface area contributed by atoms with Crippen LogP contribution in [0.3, 0.4) is 0 Å². The molecule has 0 saturated heterocycles. The first-order valence-corrected chi connectivity index (χ1v) is 8.75. The van der Waals surface area contributed by atoms with E-state index in [2.05, 4.69) is 0 Å². The average Bonchev–Trinajstić information content (AvgIpc) is 2.63. The van der Waals surface area contributed by atoms with E-state index in [1.165, 1.54) is 31.2 Å². The average molecular weight is 387 g/mol. The molecular weight excluding hydrogens is 366 g/mol. The fourth-order valence-corrected chi connectivity index (χ4v) is 3.15. The molecule has 1 aliphatic heterocycles. The second-order valence-electron chi connectivity index (χ2n) is 7.01. The molecule has 0 bridgehead atoms. The highest BCUT2D eigenvalue weighted by atomic mass is 16.6. The molecule has 0 aliphatic carbocycles. The number of non-ortho nitro benzene ring substituents is 1. The predicted octanol–water partition coefficient (Wildman–Crippen LogP) is 3.48. The first-order valence-electron chi connectivity index (χ1n) is 8.75. The summed E-state index contributed by atoms with van der Waals surface area (Å²) in [5.74, 6) is 0.857. The lowest BCUT2D eigenvalue weighted by atomic mass is 9.89. The van der Waals surface area contributed by atoms with Crippen molar-refractivity contribution in [2.45, 2.75) is 38.9 Å². The van der Waals surface area contributed by atoms with Crippen molar-refractivity contribution in [3.63, 3.8) is 0 Å². The van der Waals surface area contributed by atoms with Gasteiger partial charge in [0.1, 0.15) is 29.5 Å². The van der Waals surface area contributed by atoms with E-state index < -0.39 is 22.6 Å². The Kier molecular flexibility index (Phi) is 5.24. The van der Waals surface area contributed by atoms with Gasteiger partial charge in [-0.25, -0.2) is 0 Å². The van der Waals surface area contributed by atoms with E-state index in [4.69, 9.17) is 14.2 Å². The highest BCUT2D eigenvalue weighted by Crippen LogP contribution is 2.44. The van der Waals surface area contributed by atoms with E-state index in [1.54, 1.807) is 19.1 Å². The van der Waals surface area contributed by atoms with Crippen LogP contribution in [0.5, 0.6) is 17.2 Å². The Morgan fingerprint density at radius 3 is 2.61 bits per heavy atom. The van der Waals surface area contributed by atoms with Crippen LogP contribution in [-0.4, -0.2) is 28.2 Å². The minimum Gasteiger partial charge on any atom is -0.489 e. The molecule has 0 radical (unpaired) electrons. The molecular formula is C20H21NO7. The van der Waals surface area contributed by atoms with Crippen LogP contribution in [0.1, 0.15) is 37.5 Å². The first-order chi connectivity index (χ1) is 13.2. The van der Waals surface area contributed by atoms with Gasteiger partial charge in [-0.15, -0.1) is 0 Å². The molecule has 2 aromatic rings. The van der Waals surface area contributed by atoms with Gasteiger partial charge in [0.05, 0.1) is 11.0 Å². The zero-order valence-corrected chi connectivity index (χ0v) is 15.8. The molecule has 1 heterocycles. The Hall–Kier alpha value is -3.13. The number of benzene rings is 2. The second kappa shape index (κ2) is 7.47. The zero-order chi connectivity index (χ0) is 20.5. The molecule has 148 valence electrons. The monoisotopic (exact) mass is 387 g/mol. The quantitative estimate of drug-likeness (QED) is 0.362. The van der Waals surface area contributed by atoms with E-state index in [9.17, 15) is 20.0 Å². The molecule has 3 rings (SSSR count). The third-order valence-electron chi connectivity index (χ3n) is 4.56. The van der Waals surface area contributed by atoms with Crippen LogP contribution < -0.4 is 14.2 Å². The molecule has 2 atom stereocenters. The number of nitrogens with zero attached hydrogens (tertiary/aromatic N) is 1. The molecule has 1 aliphatic rings. The Morgan fingerprint density at radius 2 is 2.00 bits per heavy atom. The van der Waals surface area contributed by atoms with E-state index in [-0.39, 0.29) is 12.3 Å². The van der Waals surface area contributed by atoms with Crippen LogP contribution >= 0.6 is 0 Å². The number of nitro benzene ring substituents is 1. The van der Waals surface area contributed by atoms with E-state index in [1.807, 2.05) is 6.92 Å². The number of carbonyl (C=O) groups excluding carboxylic acids is 1. The molecule has 0 fully saturated rings. The number of aliphatic hydroxyl groups excluding tert-OH is 1. The topological polar surface area (TPSA) is 108 Å². The van der Waals surface area contributed by atoms with E-state index in [0.29, 0.717) is 34.8 Å². The van der Waals surface area contributed by atoms with Crippen LogP contribution in [0.25, 0.3) is 0 Å². The lowest BCUT2D eigenvalue weighted by Gasteiger charge is -2.38. The summed E-state index contributed by atoms with van der Waals surface area (Å²) in [4.78, 5) is 21.5. The molecule has 0 spiro atoms. The van der Waals surface area contributed by atoms with Crippen LogP contribution in [0.15, 0.2) is 36.4 Å². The maximum atomic E-state index is 11.3. The largest absolute Gasteiger partial charge is 0.489 e. The minimum atomic E-state index is -0.839. The highest BCUT2D eigenvalue weighted by Gasteiger charge is 2.39. The zero-order valence-electron chi connectivity index (χ0n) is 15.8. The molecule has 0 amide bonds. The summed E-state index contributed by atoms with van der Waals surface area (Å²) in [6.45, 7) is 5.00. The van der Waals surface area contributed by atoms with Gasteiger partial charge in [0.2, 0.25) is 0 Å². The van der Waals surface area contributed by atoms with Crippen molar-refractivity contribution in [1.82, 2.24) is 0 Å². The van der Waals surface area contributed by atoms with Crippen molar-refractivity contribution in [3.8, 4) is 17.2 Å². The van der Waals surface area contributed by atoms with E-state index >= 15 is 0 Å². The van der Waals surface area contributed by atoms with Crippen molar-refractivity contribution in [2.24, 2.45) is 0 Å². The van der Waals surface area contributed by atoms with Crippen molar-refractivity contribution < 1.29 is 29.0 Å². The molecule has 2 aromatic carbocycles. The van der Waals surface area contributed by atoms with Gasteiger partial charge in [-0.05, 0) is 38.1 Å². The standard InChI is InChI=1S/C20H21NO7/c1-12-18(27-13(2)22)9-8-16-17(23)10-20(3,28-19(12)16)11-26-15-6-4-14(5-7-15)21(24)25/h4-9,17,23H,10-11H2,1-3H3. The number of hydrogen-bond donors (Lipinski definition) is 1. The number of aliphatic hydroxyl groups is 1. The highest BCUT2D eigenvalue weighted by molar-refractivity contribution is 5.70. The molecule has 0 aromatic heterocycles. The number of carbonyl (C=O) groups is 1. The summed E-state index contributed by atoms with van der Waals surface area (Å²) >= 11 is 0.